The lowest BCUT2D eigenvalue weighted by Crippen LogP contribution is -2.56. The molecule has 0 radical (unpaired) electrons. The Balaban J connectivity index is 1.97. The Kier molecular flexibility index (Phi) is 2.97. The molecule has 1 fully saturated rings. The van der Waals surface area contributed by atoms with Gasteiger partial charge >= 0.3 is 0 Å². The second kappa shape index (κ2) is 4.38. The van der Waals surface area contributed by atoms with Crippen LogP contribution in [-0.4, -0.2) is 5.54 Å². The maximum atomic E-state index is 3.94. The Morgan fingerprint density at radius 2 is 1.61 bits per heavy atom. The third-order valence-electron chi connectivity index (χ3n) is 5.37. The number of nitrogens with one attached hydrogen (secondary N) is 1. The molecular weight excluding hydrogens is 218 g/mol. The molecule has 0 aromatic heterocycles. The van der Waals surface area contributed by atoms with Crippen LogP contribution in [0.5, 0.6) is 0 Å². The summed E-state index contributed by atoms with van der Waals surface area (Å²) in [5.74, 6) is 0. The van der Waals surface area contributed by atoms with Crippen molar-refractivity contribution in [3.63, 3.8) is 0 Å². The highest BCUT2D eigenvalue weighted by molar-refractivity contribution is 5.31. The molecule has 1 heteroatoms. The van der Waals surface area contributed by atoms with Gasteiger partial charge in [-0.2, -0.15) is 0 Å². The molecule has 1 heterocycles. The molecule has 1 nitrogen and oxygen atoms in total. The van der Waals surface area contributed by atoms with E-state index in [1.54, 1.807) is 5.56 Å². The zero-order chi connectivity index (χ0) is 12.6. The first-order valence-corrected chi connectivity index (χ1v) is 7.45. The predicted molar refractivity (Wildman–Crippen MR) is 76.6 cm³/mol. The SMILES string of the molecule is CC1(C)Cc2ccccc2CNC12CCCCC2. The molecule has 1 aromatic rings. The predicted octanol–water partition coefficient (Wildman–Crippen LogP) is 4.06. The van der Waals surface area contributed by atoms with Crippen molar-refractivity contribution in [2.75, 3.05) is 0 Å². The van der Waals surface area contributed by atoms with E-state index in [2.05, 4.69) is 43.4 Å². The van der Waals surface area contributed by atoms with Gasteiger partial charge in [0.05, 0.1) is 0 Å². The van der Waals surface area contributed by atoms with Crippen LogP contribution in [0.3, 0.4) is 0 Å². The van der Waals surface area contributed by atoms with Gasteiger partial charge in [0, 0.05) is 12.1 Å². The van der Waals surface area contributed by atoms with E-state index in [1.807, 2.05) is 0 Å². The topological polar surface area (TPSA) is 12.0 Å². The maximum Gasteiger partial charge on any atom is 0.0238 e. The summed E-state index contributed by atoms with van der Waals surface area (Å²) in [6, 6.07) is 8.97. The zero-order valence-corrected chi connectivity index (χ0v) is 11.8. The summed E-state index contributed by atoms with van der Waals surface area (Å²) in [5, 5.41) is 3.94. The number of hydrogen-bond donors (Lipinski definition) is 1. The van der Waals surface area contributed by atoms with E-state index >= 15 is 0 Å². The first kappa shape index (κ1) is 12.2. The Bertz CT molecular complexity index is 427. The monoisotopic (exact) mass is 243 g/mol. The van der Waals surface area contributed by atoms with E-state index in [4.69, 9.17) is 0 Å². The molecule has 1 aliphatic heterocycles. The fourth-order valence-electron chi connectivity index (χ4n) is 4.06. The lowest BCUT2D eigenvalue weighted by atomic mass is 9.63. The molecule has 0 amide bonds. The minimum Gasteiger partial charge on any atom is -0.307 e. The van der Waals surface area contributed by atoms with Gasteiger partial charge in [-0.3, -0.25) is 0 Å². The summed E-state index contributed by atoms with van der Waals surface area (Å²) >= 11 is 0. The molecule has 0 unspecified atom stereocenters. The van der Waals surface area contributed by atoms with Crippen molar-refractivity contribution in [3.05, 3.63) is 35.4 Å². The highest BCUT2D eigenvalue weighted by atomic mass is 15.0. The minimum atomic E-state index is 0.361. The Morgan fingerprint density at radius 1 is 0.944 bits per heavy atom. The molecule has 1 aliphatic carbocycles. The summed E-state index contributed by atoms with van der Waals surface area (Å²) in [6.07, 6.45) is 8.14. The molecule has 1 spiro atoms. The molecule has 0 atom stereocenters. The molecule has 3 rings (SSSR count). The van der Waals surface area contributed by atoms with E-state index in [-0.39, 0.29) is 0 Å². The summed E-state index contributed by atoms with van der Waals surface area (Å²) in [4.78, 5) is 0. The van der Waals surface area contributed by atoms with E-state index in [0.29, 0.717) is 11.0 Å². The summed E-state index contributed by atoms with van der Waals surface area (Å²) in [7, 11) is 0. The van der Waals surface area contributed by atoms with E-state index < -0.39 is 0 Å². The first-order chi connectivity index (χ1) is 8.63. The van der Waals surface area contributed by atoms with Gasteiger partial charge in [0.2, 0.25) is 0 Å². The van der Waals surface area contributed by atoms with Crippen LogP contribution in [-0.2, 0) is 13.0 Å². The second-order valence-corrected chi connectivity index (χ2v) is 6.83. The molecule has 2 aliphatic rings. The van der Waals surface area contributed by atoms with Gasteiger partial charge in [-0.1, -0.05) is 57.4 Å². The Morgan fingerprint density at radius 3 is 2.33 bits per heavy atom. The van der Waals surface area contributed by atoms with Crippen molar-refractivity contribution < 1.29 is 0 Å². The summed E-state index contributed by atoms with van der Waals surface area (Å²) in [6.45, 7) is 5.99. The molecule has 98 valence electrons. The molecule has 18 heavy (non-hydrogen) atoms. The van der Waals surface area contributed by atoms with Crippen molar-refractivity contribution in [1.29, 1.82) is 0 Å². The van der Waals surface area contributed by atoms with Crippen LogP contribution in [0.1, 0.15) is 57.1 Å². The minimum absolute atomic E-state index is 0.361. The molecule has 1 N–H and O–H groups in total. The number of rotatable bonds is 0. The Labute approximate surface area is 111 Å². The lowest BCUT2D eigenvalue weighted by Gasteiger charge is -2.49. The van der Waals surface area contributed by atoms with Crippen molar-refractivity contribution in [1.82, 2.24) is 5.32 Å². The van der Waals surface area contributed by atoms with Gasteiger partial charge in [-0.15, -0.1) is 0 Å². The highest BCUT2D eigenvalue weighted by Crippen LogP contribution is 2.46. The molecule has 1 saturated carbocycles. The summed E-state index contributed by atoms with van der Waals surface area (Å²) in [5.41, 5.74) is 3.79. The third kappa shape index (κ3) is 1.89. The standard InChI is InChI=1S/C17H25N/c1-16(2)12-14-8-4-5-9-15(14)13-18-17(16)10-6-3-7-11-17/h4-5,8-9,18H,3,6-7,10-13H2,1-2H3. The van der Waals surface area contributed by atoms with Crippen molar-refractivity contribution >= 4 is 0 Å². The van der Waals surface area contributed by atoms with Gasteiger partial charge < -0.3 is 5.32 Å². The average Bonchev–Trinajstić information content (AvgIpc) is 2.47. The molecule has 0 saturated heterocycles. The normalized spacial score (nSPS) is 25.4. The summed E-state index contributed by atoms with van der Waals surface area (Å²) < 4.78 is 0. The van der Waals surface area contributed by atoms with Gasteiger partial charge in [-0.25, -0.2) is 0 Å². The molecule has 1 aromatic carbocycles. The number of fused-ring (bicyclic) bond motifs is 1. The largest absolute Gasteiger partial charge is 0.307 e. The fraction of sp³-hybridized carbons (Fsp3) is 0.647. The van der Waals surface area contributed by atoms with Gasteiger partial charge in [-0.05, 0) is 35.8 Å². The van der Waals surface area contributed by atoms with Crippen LogP contribution in [0, 0.1) is 5.41 Å². The zero-order valence-electron chi connectivity index (χ0n) is 11.8. The van der Waals surface area contributed by atoms with Crippen LogP contribution in [0.25, 0.3) is 0 Å². The van der Waals surface area contributed by atoms with Crippen LogP contribution in [0.4, 0.5) is 0 Å². The molecular formula is C17H25N. The van der Waals surface area contributed by atoms with Gasteiger partial charge in [0.1, 0.15) is 0 Å². The van der Waals surface area contributed by atoms with Crippen LogP contribution in [0.15, 0.2) is 24.3 Å². The lowest BCUT2D eigenvalue weighted by molar-refractivity contribution is 0.0770. The van der Waals surface area contributed by atoms with Crippen LogP contribution < -0.4 is 5.32 Å². The van der Waals surface area contributed by atoms with Crippen LogP contribution in [0.2, 0.25) is 0 Å². The van der Waals surface area contributed by atoms with E-state index in [0.717, 1.165) is 6.54 Å². The van der Waals surface area contributed by atoms with E-state index in [9.17, 15) is 0 Å². The average molecular weight is 243 g/mol. The first-order valence-electron chi connectivity index (χ1n) is 7.45. The molecule has 0 bridgehead atoms. The highest BCUT2D eigenvalue weighted by Gasteiger charge is 2.46. The van der Waals surface area contributed by atoms with Gasteiger partial charge in [0.25, 0.3) is 0 Å². The quantitative estimate of drug-likeness (QED) is 0.724. The van der Waals surface area contributed by atoms with Crippen molar-refractivity contribution in [2.24, 2.45) is 5.41 Å². The third-order valence-corrected chi connectivity index (χ3v) is 5.37. The fourth-order valence-corrected chi connectivity index (χ4v) is 4.06. The van der Waals surface area contributed by atoms with Crippen molar-refractivity contribution in [3.8, 4) is 0 Å². The van der Waals surface area contributed by atoms with E-state index in [1.165, 1.54) is 44.1 Å². The van der Waals surface area contributed by atoms with Crippen LogP contribution >= 0.6 is 0 Å². The van der Waals surface area contributed by atoms with Crippen molar-refractivity contribution in [2.45, 2.75) is 64.5 Å². The number of benzene rings is 1. The number of hydrogen-bond acceptors (Lipinski definition) is 1. The Hall–Kier alpha value is -0.820. The van der Waals surface area contributed by atoms with Gasteiger partial charge in [0.15, 0.2) is 0 Å². The smallest absolute Gasteiger partial charge is 0.0238 e. The second-order valence-electron chi connectivity index (χ2n) is 6.83. The maximum absolute atomic E-state index is 3.94.